The van der Waals surface area contributed by atoms with E-state index in [1.807, 2.05) is 0 Å². The summed E-state index contributed by atoms with van der Waals surface area (Å²) in [6, 6.07) is 0.746. The zero-order valence-corrected chi connectivity index (χ0v) is 14.4. The Labute approximate surface area is 132 Å². The van der Waals surface area contributed by atoms with Gasteiger partial charge in [0.05, 0.1) is 0 Å². The smallest absolute Gasteiger partial charge is 0.0334 e. The van der Waals surface area contributed by atoms with Gasteiger partial charge in [0, 0.05) is 18.1 Å². The van der Waals surface area contributed by atoms with Gasteiger partial charge in [0.15, 0.2) is 0 Å². The van der Waals surface area contributed by atoms with E-state index in [2.05, 4.69) is 11.8 Å². The molecular weight excluding hydrogens is 256 g/mol. The predicted octanol–water partition coefficient (Wildman–Crippen LogP) is 4.86. The van der Waals surface area contributed by atoms with Crippen LogP contribution in [0.4, 0.5) is 0 Å². The van der Waals surface area contributed by atoms with Crippen molar-refractivity contribution in [1.29, 1.82) is 0 Å². The van der Waals surface area contributed by atoms with Crippen LogP contribution in [0.5, 0.6) is 0 Å². The molecule has 1 unspecified atom stereocenters. The van der Waals surface area contributed by atoms with Crippen LogP contribution in [0, 0.1) is 0 Å². The van der Waals surface area contributed by atoms with Crippen molar-refractivity contribution in [2.24, 2.45) is 5.73 Å². The molecule has 124 valence electrons. The first kappa shape index (κ1) is 17.3. The Morgan fingerprint density at radius 3 is 1.81 bits per heavy atom. The van der Waals surface area contributed by atoms with Gasteiger partial charge in [-0.1, -0.05) is 64.2 Å². The van der Waals surface area contributed by atoms with E-state index in [-0.39, 0.29) is 0 Å². The Kier molecular flexibility index (Phi) is 7.53. The Bertz CT molecular complexity index is 265. The van der Waals surface area contributed by atoms with E-state index in [4.69, 9.17) is 5.73 Å². The zero-order chi connectivity index (χ0) is 15.0. The molecule has 2 fully saturated rings. The van der Waals surface area contributed by atoms with Crippen LogP contribution in [-0.4, -0.2) is 29.6 Å². The van der Waals surface area contributed by atoms with Crippen molar-refractivity contribution < 1.29 is 0 Å². The Morgan fingerprint density at radius 1 is 0.810 bits per heavy atom. The molecular formula is C19H38N2. The number of hydrogen-bond acceptors (Lipinski definition) is 2. The number of likely N-dealkylation sites (tertiary alicyclic amines) is 1. The lowest BCUT2D eigenvalue weighted by Gasteiger charge is -2.49. The molecule has 0 aromatic rings. The molecule has 1 aliphatic carbocycles. The number of piperidine rings is 1. The molecule has 1 heterocycles. The maximum absolute atomic E-state index is 6.37. The topological polar surface area (TPSA) is 29.3 Å². The maximum Gasteiger partial charge on any atom is 0.0334 e. The van der Waals surface area contributed by atoms with Gasteiger partial charge in [0.1, 0.15) is 0 Å². The molecule has 2 rings (SSSR count). The second kappa shape index (κ2) is 9.15. The van der Waals surface area contributed by atoms with E-state index in [1.54, 1.807) is 0 Å². The molecule has 21 heavy (non-hydrogen) atoms. The molecule has 0 bridgehead atoms. The Morgan fingerprint density at radius 2 is 1.33 bits per heavy atom. The highest BCUT2D eigenvalue weighted by molar-refractivity contribution is 4.95. The van der Waals surface area contributed by atoms with Gasteiger partial charge in [-0.25, -0.2) is 0 Å². The molecule has 1 atom stereocenters. The van der Waals surface area contributed by atoms with Crippen molar-refractivity contribution >= 4 is 0 Å². The third-order valence-corrected chi connectivity index (χ3v) is 6.08. The fourth-order valence-electron chi connectivity index (χ4n) is 4.68. The fourth-order valence-corrected chi connectivity index (χ4v) is 4.68. The van der Waals surface area contributed by atoms with Crippen molar-refractivity contribution in [1.82, 2.24) is 4.90 Å². The van der Waals surface area contributed by atoms with Gasteiger partial charge in [-0.05, 0) is 39.2 Å². The standard InChI is InChI=1S/C19H38N2/c1-18-13-9-12-16-21(18)19(17-20)14-10-7-5-3-2-4-6-8-11-15-19/h18H,2-17,20H2,1H3. The molecule has 0 spiro atoms. The number of nitrogens with two attached hydrogens (primary N) is 1. The third kappa shape index (κ3) is 4.96. The first-order valence-corrected chi connectivity index (χ1v) is 9.75. The van der Waals surface area contributed by atoms with Gasteiger partial charge in [-0.15, -0.1) is 0 Å². The van der Waals surface area contributed by atoms with Crippen LogP contribution < -0.4 is 5.73 Å². The molecule has 2 nitrogen and oxygen atoms in total. The fraction of sp³-hybridized carbons (Fsp3) is 1.00. The van der Waals surface area contributed by atoms with Gasteiger partial charge in [0.2, 0.25) is 0 Å². The Hall–Kier alpha value is -0.0800. The van der Waals surface area contributed by atoms with Crippen LogP contribution in [0.1, 0.15) is 96.8 Å². The molecule has 0 radical (unpaired) electrons. The molecule has 1 aliphatic heterocycles. The van der Waals surface area contributed by atoms with Crippen molar-refractivity contribution in [3.8, 4) is 0 Å². The van der Waals surface area contributed by atoms with E-state index in [0.717, 1.165) is 12.6 Å². The SMILES string of the molecule is CC1CCCCN1C1(CN)CCCCCCCCCCC1. The van der Waals surface area contributed by atoms with Crippen LogP contribution in [0.3, 0.4) is 0 Å². The van der Waals surface area contributed by atoms with Gasteiger partial charge in [-0.2, -0.15) is 0 Å². The average Bonchev–Trinajstić information content (AvgIpc) is 2.49. The highest BCUT2D eigenvalue weighted by Crippen LogP contribution is 2.34. The average molecular weight is 295 g/mol. The van der Waals surface area contributed by atoms with Gasteiger partial charge >= 0.3 is 0 Å². The quantitative estimate of drug-likeness (QED) is 0.788. The van der Waals surface area contributed by atoms with Crippen LogP contribution in [0.2, 0.25) is 0 Å². The summed E-state index contributed by atoms with van der Waals surface area (Å²) in [4.78, 5) is 2.82. The minimum absolute atomic E-state index is 0.318. The summed E-state index contributed by atoms with van der Waals surface area (Å²) in [5, 5.41) is 0. The normalized spacial score (nSPS) is 30.3. The number of rotatable bonds is 2. The van der Waals surface area contributed by atoms with E-state index < -0.39 is 0 Å². The molecule has 2 aliphatic rings. The molecule has 2 heteroatoms. The largest absolute Gasteiger partial charge is 0.329 e. The lowest BCUT2D eigenvalue weighted by molar-refractivity contribution is 0.0134. The first-order valence-electron chi connectivity index (χ1n) is 9.75. The summed E-state index contributed by atoms with van der Waals surface area (Å²) in [6.45, 7) is 4.60. The molecule has 1 saturated carbocycles. The lowest BCUT2D eigenvalue weighted by atomic mass is 9.81. The van der Waals surface area contributed by atoms with Gasteiger partial charge in [0.25, 0.3) is 0 Å². The monoisotopic (exact) mass is 294 g/mol. The number of nitrogens with zero attached hydrogens (tertiary/aromatic N) is 1. The van der Waals surface area contributed by atoms with E-state index >= 15 is 0 Å². The summed E-state index contributed by atoms with van der Waals surface area (Å²) < 4.78 is 0. The highest BCUT2D eigenvalue weighted by atomic mass is 15.2. The van der Waals surface area contributed by atoms with E-state index in [9.17, 15) is 0 Å². The molecule has 2 N–H and O–H groups in total. The summed E-state index contributed by atoms with van der Waals surface area (Å²) in [5.74, 6) is 0. The number of hydrogen-bond donors (Lipinski definition) is 1. The maximum atomic E-state index is 6.37. The second-order valence-corrected chi connectivity index (χ2v) is 7.65. The molecule has 0 amide bonds. The lowest BCUT2D eigenvalue weighted by Crippen LogP contribution is -2.58. The van der Waals surface area contributed by atoms with Crippen LogP contribution in [0.15, 0.2) is 0 Å². The second-order valence-electron chi connectivity index (χ2n) is 7.65. The van der Waals surface area contributed by atoms with Crippen LogP contribution in [-0.2, 0) is 0 Å². The van der Waals surface area contributed by atoms with Crippen molar-refractivity contribution in [2.45, 2.75) is 108 Å². The van der Waals surface area contributed by atoms with E-state index in [0.29, 0.717) is 5.54 Å². The molecule has 0 aromatic heterocycles. The summed E-state index contributed by atoms with van der Waals surface area (Å²) in [5.41, 5.74) is 6.69. The summed E-state index contributed by atoms with van der Waals surface area (Å²) in [7, 11) is 0. The van der Waals surface area contributed by atoms with Crippen molar-refractivity contribution in [2.75, 3.05) is 13.1 Å². The van der Waals surface area contributed by atoms with Crippen LogP contribution in [0.25, 0.3) is 0 Å². The summed E-state index contributed by atoms with van der Waals surface area (Å²) in [6.07, 6.45) is 19.7. The molecule has 0 aromatic carbocycles. The van der Waals surface area contributed by atoms with Gasteiger partial charge < -0.3 is 5.73 Å². The van der Waals surface area contributed by atoms with Crippen molar-refractivity contribution in [3.63, 3.8) is 0 Å². The first-order chi connectivity index (χ1) is 10.3. The summed E-state index contributed by atoms with van der Waals surface area (Å²) >= 11 is 0. The van der Waals surface area contributed by atoms with Crippen molar-refractivity contribution in [3.05, 3.63) is 0 Å². The third-order valence-electron chi connectivity index (χ3n) is 6.08. The predicted molar refractivity (Wildman–Crippen MR) is 92.6 cm³/mol. The van der Waals surface area contributed by atoms with Crippen LogP contribution >= 0.6 is 0 Å². The molecule has 1 saturated heterocycles. The highest BCUT2D eigenvalue weighted by Gasteiger charge is 2.38. The van der Waals surface area contributed by atoms with E-state index in [1.165, 1.54) is 96.4 Å². The minimum Gasteiger partial charge on any atom is -0.329 e. The minimum atomic E-state index is 0.318. The Balaban J connectivity index is 2.02. The zero-order valence-electron chi connectivity index (χ0n) is 14.4. The van der Waals surface area contributed by atoms with Gasteiger partial charge in [-0.3, -0.25) is 4.90 Å².